The molecule has 0 heterocycles. The summed E-state index contributed by atoms with van der Waals surface area (Å²) in [5.41, 5.74) is 5.85. The molecule has 0 fully saturated rings. The minimum Gasteiger partial charge on any atom is -0.391 e. The first-order valence-electron chi connectivity index (χ1n) is 8.86. The van der Waals surface area contributed by atoms with Crippen LogP contribution in [0.25, 0.3) is 0 Å². The second-order valence-electron chi connectivity index (χ2n) is 6.03. The van der Waals surface area contributed by atoms with E-state index in [1.165, 1.54) is 64.2 Å². The Morgan fingerprint density at radius 2 is 1.35 bits per heavy atom. The predicted octanol–water partition coefficient (Wildman–Crippen LogP) is 3.60. The van der Waals surface area contributed by atoms with E-state index in [1.807, 2.05) is 6.92 Å². The van der Waals surface area contributed by atoms with Gasteiger partial charge in [-0.1, -0.05) is 71.6 Å². The van der Waals surface area contributed by atoms with Crippen LogP contribution in [0.15, 0.2) is 0 Å². The second-order valence-corrected chi connectivity index (χ2v) is 6.03. The van der Waals surface area contributed by atoms with Crippen LogP contribution in [-0.2, 0) is 0 Å². The Balaban J connectivity index is 3.10. The lowest BCUT2D eigenvalue weighted by molar-refractivity contribution is 0.139. The highest BCUT2D eigenvalue weighted by Gasteiger charge is 2.10. The lowest BCUT2D eigenvalue weighted by Gasteiger charge is -2.17. The fourth-order valence-electron chi connectivity index (χ4n) is 2.44. The predicted molar refractivity (Wildman–Crippen MR) is 89.0 cm³/mol. The molecule has 0 aliphatic heterocycles. The first-order chi connectivity index (χ1) is 9.72. The highest BCUT2D eigenvalue weighted by molar-refractivity contribution is 4.72. The van der Waals surface area contributed by atoms with Gasteiger partial charge in [-0.15, -0.1) is 0 Å². The third kappa shape index (κ3) is 12.9. The molecule has 0 aromatic rings. The number of unbranched alkanes of at least 4 members (excludes halogenated alkanes) is 9. The molecule has 2 unspecified atom stereocenters. The first kappa shape index (κ1) is 19.9. The third-order valence-corrected chi connectivity index (χ3v) is 4.00. The van der Waals surface area contributed by atoms with Gasteiger partial charge in [0.2, 0.25) is 0 Å². The summed E-state index contributed by atoms with van der Waals surface area (Å²) < 4.78 is 0. The standard InChI is InChI=1S/C17H38N2O/c1-3-5-6-7-8-9-10-11-12-13-14-19-15-16(18)17(20)4-2/h16-17,19-20H,3-15,18H2,1-2H3. The highest BCUT2D eigenvalue weighted by Crippen LogP contribution is 2.10. The van der Waals surface area contributed by atoms with Gasteiger partial charge in [-0.3, -0.25) is 0 Å². The smallest absolute Gasteiger partial charge is 0.0700 e. The summed E-state index contributed by atoms with van der Waals surface area (Å²) in [5, 5.41) is 12.9. The summed E-state index contributed by atoms with van der Waals surface area (Å²) in [5.74, 6) is 0. The zero-order chi connectivity index (χ0) is 15.1. The van der Waals surface area contributed by atoms with E-state index in [2.05, 4.69) is 12.2 Å². The van der Waals surface area contributed by atoms with Gasteiger partial charge >= 0.3 is 0 Å². The van der Waals surface area contributed by atoms with Gasteiger partial charge in [0, 0.05) is 12.6 Å². The summed E-state index contributed by atoms with van der Waals surface area (Å²) in [7, 11) is 0. The molecular weight excluding hydrogens is 248 g/mol. The maximum atomic E-state index is 9.54. The molecule has 0 amide bonds. The largest absolute Gasteiger partial charge is 0.391 e. The van der Waals surface area contributed by atoms with E-state index in [0.29, 0.717) is 0 Å². The average molecular weight is 287 g/mol. The van der Waals surface area contributed by atoms with Gasteiger partial charge in [-0.25, -0.2) is 0 Å². The van der Waals surface area contributed by atoms with Crippen LogP contribution in [0.1, 0.15) is 84.5 Å². The van der Waals surface area contributed by atoms with Crippen molar-refractivity contribution in [1.29, 1.82) is 0 Å². The average Bonchev–Trinajstić information content (AvgIpc) is 2.47. The summed E-state index contributed by atoms with van der Waals surface area (Å²) >= 11 is 0. The van der Waals surface area contributed by atoms with Gasteiger partial charge in [0.25, 0.3) is 0 Å². The van der Waals surface area contributed by atoms with Gasteiger partial charge in [0.05, 0.1) is 6.10 Å². The maximum absolute atomic E-state index is 9.54. The number of hydrogen-bond acceptors (Lipinski definition) is 3. The molecule has 0 aliphatic rings. The van der Waals surface area contributed by atoms with Gasteiger partial charge in [0.15, 0.2) is 0 Å². The van der Waals surface area contributed by atoms with Crippen molar-refractivity contribution in [3.8, 4) is 0 Å². The van der Waals surface area contributed by atoms with E-state index in [9.17, 15) is 5.11 Å². The monoisotopic (exact) mass is 286 g/mol. The fourth-order valence-corrected chi connectivity index (χ4v) is 2.44. The number of aliphatic hydroxyl groups is 1. The highest BCUT2D eigenvalue weighted by atomic mass is 16.3. The minimum absolute atomic E-state index is 0.122. The van der Waals surface area contributed by atoms with Gasteiger partial charge in [0.1, 0.15) is 0 Å². The topological polar surface area (TPSA) is 58.3 Å². The van der Waals surface area contributed by atoms with Crippen LogP contribution in [0.4, 0.5) is 0 Å². The van der Waals surface area contributed by atoms with Crippen molar-refractivity contribution in [2.75, 3.05) is 13.1 Å². The van der Waals surface area contributed by atoms with E-state index >= 15 is 0 Å². The molecule has 3 nitrogen and oxygen atoms in total. The van der Waals surface area contributed by atoms with Crippen LogP contribution in [0.5, 0.6) is 0 Å². The molecule has 0 rings (SSSR count). The lowest BCUT2D eigenvalue weighted by Crippen LogP contribution is -2.43. The molecule has 20 heavy (non-hydrogen) atoms. The Hall–Kier alpha value is -0.120. The molecule has 2 atom stereocenters. The molecule has 0 spiro atoms. The van der Waals surface area contributed by atoms with Gasteiger partial charge in [-0.2, -0.15) is 0 Å². The number of nitrogens with one attached hydrogen (secondary N) is 1. The zero-order valence-corrected chi connectivity index (χ0v) is 13.9. The number of rotatable bonds is 15. The molecule has 0 radical (unpaired) electrons. The van der Waals surface area contributed by atoms with Crippen LogP contribution in [0.3, 0.4) is 0 Å². The normalized spacial score (nSPS) is 14.4. The molecule has 4 N–H and O–H groups in total. The quantitative estimate of drug-likeness (QED) is 0.403. The Bertz CT molecular complexity index is 188. The maximum Gasteiger partial charge on any atom is 0.0700 e. The van der Waals surface area contributed by atoms with Gasteiger partial charge in [-0.05, 0) is 19.4 Å². The van der Waals surface area contributed by atoms with E-state index in [4.69, 9.17) is 5.73 Å². The van der Waals surface area contributed by atoms with Crippen LogP contribution in [0, 0.1) is 0 Å². The Kier molecular flexibility index (Phi) is 15.2. The summed E-state index contributed by atoms with van der Waals surface area (Å²) in [6.07, 6.45) is 14.1. The summed E-state index contributed by atoms with van der Waals surface area (Å²) in [4.78, 5) is 0. The van der Waals surface area contributed by atoms with Crippen molar-refractivity contribution in [3.05, 3.63) is 0 Å². The Morgan fingerprint density at radius 3 is 1.85 bits per heavy atom. The first-order valence-corrected chi connectivity index (χ1v) is 8.86. The van der Waals surface area contributed by atoms with Crippen LogP contribution in [0.2, 0.25) is 0 Å². The Morgan fingerprint density at radius 1 is 0.850 bits per heavy atom. The van der Waals surface area contributed by atoms with Gasteiger partial charge < -0.3 is 16.2 Å². The molecule has 0 saturated heterocycles. The van der Waals surface area contributed by atoms with Crippen LogP contribution in [-0.4, -0.2) is 30.3 Å². The molecular formula is C17H38N2O. The molecule has 0 aromatic carbocycles. The van der Waals surface area contributed by atoms with Crippen molar-refractivity contribution < 1.29 is 5.11 Å². The van der Waals surface area contributed by atoms with Crippen LogP contribution >= 0.6 is 0 Å². The third-order valence-electron chi connectivity index (χ3n) is 4.00. The van der Waals surface area contributed by atoms with E-state index in [-0.39, 0.29) is 12.1 Å². The van der Waals surface area contributed by atoms with Crippen molar-refractivity contribution in [3.63, 3.8) is 0 Å². The fraction of sp³-hybridized carbons (Fsp3) is 1.00. The zero-order valence-electron chi connectivity index (χ0n) is 13.9. The molecule has 122 valence electrons. The number of aliphatic hydroxyl groups excluding tert-OH is 1. The van der Waals surface area contributed by atoms with E-state index in [1.54, 1.807) is 0 Å². The number of nitrogens with two attached hydrogens (primary N) is 1. The summed E-state index contributed by atoms with van der Waals surface area (Å²) in [6.45, 7) is 5.99. The molecule has 0 bridgehead atoms. The Labute approximate surface area is 126 Å². The molecule has 0 aromatic heterocycles. The van der Waals surface area contributed by atoms with Crippen molar-refractivity contribution in [2.24, 2.45) is 5.73 Å². The van der Waals surface area contributed by atoms with Crippen molar-refractivity contribution >= 4 is 0 Å². The van der Waals surface area contributed by atoms with E-state index in [0.717, 1.165) is 19.5 Å². The lowest BCUT2D eigenvalue weighted by atomic mass is 10.1. The second kappa shape index (κ2) is 15.3. The van der Waals surface area contributed by atoms with Crippen molar-refractivity contribution in [1.82, 2.24) is 5.32 Å². The van der Waals surface area contributed by atoms with E-state index < -0.39 is 0 Å². The summed E-state index contributed by atoms with van der Waals surface area (Å²) in [6, 6.07) is -0.122. The molecule has 3 heteroatoms. The molecule has 0 aliphatic carbocycles. The molecule has 0 saturated carbocycles. The number of hydrogen-bond donors (Lipinski definition) is 3. The van der Waals surface area contributed by atoms with Crippen molar-refractivity contribution in [2.45, 2.75) is 96.6 Å². The SMILES string of the molecule is CCCCCCCCCCCCNCC(N)C(O)CC. The van der Waals surface area contributed by atoms with Crippen LogP contribution < -0.4 is 11.1 Å². The minimum atomic E-state index is -0.366.